The van der Waals surface area contributed by atoms with E-state index in [1.54, 1.807) is 11.4 Å². The smallest absolute Gasteiger partial charge is 0.250 e. The second-order valence-corrected chi connectivity index (χ2v) is 7.84. The molecule has 0 aliphatic rings. The molecule has 0 radical (unpaired) electrons. The van der Waals surface area contributed by atoms with Crippen LogP contribution in [0.3, 0.4) is 0 Å². The summed E-state index contributed by atoms with van der Waals surface area (Å²) in [4.78, 5) is 12.2. The second-order valence-electron chi connectivity index (χ2n) is 4.96. The molecular weight excluding hydrogens is 310 g/mol. The summed E-state index contributed by atoms with van der Waals surface area (Å²) in [5.41, 5.74) is 5.24. The molecule has 0 saturated carbocycles. The summed E-state index contributed by atoms with van der Waals surface area (Å²) < 4.78 is 26.7. The molecule has 1 aromatic rings. The van der Waals surface area contributed by atoms with Gasteiger partial charge in [0.25, 0.3) is 10.0 Å². The summed E-state index contributed by atoms with van der Waals surface area (Å²) in [5.74, 6) is -0.371. The van der Waals surface area contributed by atoms with Crippen LogP contribution in [0.1, 0.15) is 33.6 Å². The Labute approximate surface area is 130 Å². The number of hydrogen-bond acceptors (Lipinski definition) is 5. The maximum absolute atomic E-state index is 12.2. The molecular formula is C13H23N3O3S2. The fourth-order valence-corrected chi connectivity index (χ4v) is 4.11. The van der Waals surface area contributed by atoms with Gasteiger partial charge in [-0.3, -0.25) is 4.79 Å². The molecule has 4 N–H and O–H groups in total. The molecule has 8 heteroatoms. The molecule has 0 aromatic carbocycles. The fourth-order valence-electron chi connectivity index (χ4n) is 1.90. The standard InChI is InChI=1S/C13H23N3O3S2/c1-4-13(5-2,9-14)15-12(17)10(3)16-21(18,19)11-7-6-8-20-11/h6-8,10,16H,4-5,9,14H2,1-3H3,(H,15,17). The number of nitrogens with two attached hydrogens (primary N) is 1. The quantitative estimate of drug-likeness (QED) is 0.662. The predicted octanol–water partition coefficient (Wildman–Crippen LogP) is 1.05. The molecule has 0 aliphatic heterocycles. The van der Waals surface area contributed by atoms with E-state index < -0.39 is 21.6 Å². The Kier molecular flexibility index (Phi) is 6.33. The summed E-state index contributed by atoms with van der Waals surface area (Å²) in [7, 11) is -3.66. The molecule has 1 atom stereocenters. The van der Waals surface area contributed by atoms with Gasteiger partial charge in [-0.1, -0.05) is 19.9 Å². The lowest BCUT2D eigenvalue weighted by Crippen LogP contribution is -2.57. The minimum atomic E-state index is -3.66. The van der Waals surface area contributed by atoms with Crippen LogP contribution in [-0.4, -0.2) is 32.5 Å². The first kappa shape index (κ1) is 18.1. The Hall–Kier alpha value is -0.960. The third-order valence-electron chi connectivity index (χ3n) is 3.62. The minimum absolute atomic E-state index is 0.193. The highest BCUT2D eigenvalue weighted by Gasteiger charge is 2.30. The van der Waals surface area contributed by atoms with Crippen molar-refractivity contribution in [1.29, 1.82) is 0 Å². The Morgan fingerprint density at radius 1 is 1.43 bits per heavy atom. The van der Waals surface area contributed by atoms with E-state index in [2.05, 4.69) is 10.0 Å². The van der Waals surface area contributed by atoms with Crippen LogP contribution < -0.4 is 15.8 Å². The van der Waals surface area contributed by atoms with Crippen LogP contribution in [0.25, 0.3) is 0 Å². The number of rotatable bonds is 8. The molecule has 0 saturated heterocycles. The third-order valence-corrected chi connectivity index (χ3v) is 6.56. The van der Waals surface area contributed by atoms with Gasteiger partial charge in [0.05, 0.1) is 11.6 Å². The highest BCUT2D eigenvalue weighted by molar-refractivity contribution is 7.91. The van der Waals surface area contributed by atoms with Crippen molar-refractivity contribution in [3.63, 3.8) is 0 Å². The van der Waals surface area contributed by atoms with Crippen LogP contribution in [0, 0.1) is 0 Å². The van der Waals surface area contributed by atoms with Gasteiger partial charge in [-0.15, -0.1) is 11.3 Å². The summed E-state index contributed by atoms with van der Waals surface area (Å²) in [5, 5.41) is 4.53. The van der Waals surface area contributed by atoms with E-state index in [0.717, 1.165) is 11.3 Å². The van der Waals surface area contributed by atoms with Crippen molar-refractivity contribution in [3.8, 4) is 0 Å². The minimum Gasteiger partial charge on any atom is -0.348 e. The van der Waals surface area contributed by atoms with Crippen LogP contribution >= 0.6 is 11.3 Å². The van der Waals surface area contributed by atoms with Crippen molar-refractivity contribution < 1.29 is 13.2 Å². The van der Waals surface area contributed by atoms with Crippen LogP contribution in [0.4, 0.5) is 0 Å². The molecule has 1 unspecified atom stereocenters. The molecule has 1 aromatic heterocycles. The van der Waals surface area contributed by atoms with E-state index >= 15 is 0 Å². The number of amides is 1. The van der Waals surface area contributed by atoms with Gasteiger partial charge >= 0.3 is 0 Å². The van der Waals surface area contributed by atoms with Gasteiger partial charge in [0.1, 0.15) is 4.21 Å². The van der Waals surface area contributed by atoms with Gasteiger partial charge in [-0.25, -0.2) is 8.42 Å². The zero-order valence-electron chi connectivity index (χ0n) is 12.5. The SMILES string of the molecule is CCC(CC)(CN)NC(=O)C(C)NS(=O)(=O)c1cccs1. The van der Waals surface area contributed by atoms with Crippen molar-refractivity contribution in [2.45, 2.75) is 49.4 Å². The van der Waals surface area contributed by atoms with Crippen molar-refractivity contribution >= 4 is 27.3 Å². The van der Waals surface area contributed by atoms with Crippen molar-refractivity contribution in [1.82, 2.24) is 10.0 Å². The fraction of sp³-hybridized carbons (Fsp3) is 0.615. The molecule has 1 rings (SSSR count). The van der Waals surface area contributed by atoms with Crippen LogP contribution in [0.5, 0.6) is 0 Å². The van der Waals surface area contributed by atoms with E-state index in [9.17, 15) is 13.2 Å². The molecule has 6 nitrogen and oxygen atoms in total. The Balaban J connectivity index is 2.76. The van der Waals surface area contributed by atoms with Crippen molar-refractivity contribution in [3.05, 3.63) is 17.5 Å². The number of carbonyl (C=O) groups is 1. The first-order valence-corrected chi connectivity index (χ1v) is 9.24. The van der Waals surface area contributed by atoms with Crippen molar-refractivity contribution in [2.75, 3.05) is 6.54 Å². The number of thiophene rings is 1. The highest BCUT2D eigenvalue weighted by atomic mass is 32.2. The summed E-state index contributed by atoms with van der Waals surface area (Å²) in [6.45, 7) is 5.72. The maximum Gasteiger partial charge on any atom is 0.250 e. The summed E-state index contributed by atoms with van der Waals surface area (Å²) >= 11 is 1.11. The zero-order chi connectivity index (χ0) is 16.1. The van der Waals surface area contributed by atoms with Crippen LogP contribution in [-0.2, 0) is 14.8 Å². The Morgan fingerprint density at radius 3 is 2.48 bits per heavy atom. The van der Waals surface area contributed by atoms with Gasteiger partial charge in [0.15, 0.2) is 0 Å². The van der Waals surface area contributed by atoms with E-state index in [0.29, 0.717) is 19.4 Å². The first-order valence-electron chi connectivity index (χ1n) is 6.88. The van der Waals surface area contributed by atoms with E-state index in [1.165, 1.54) is 13.0 Å². The van der Waals surface area contributed by atoms with Gasteiger partial charge < -0.3 is 11.1 Å². The monoisotopic (exact) mass is 333 g/mol. The largest absolute Gasteiger partial charge is 0.348 e. The van der Waals surface area contributed by atoms with Gasteiger partial charge in [0, 0.05) is 6.54 Å². The Morgan fingerprint density at radius 2 is 2.05 bits per heavy atom. The normalized spacial score (nSPS) is 13.9. The topological polar surface area (TPSA) is 101 Å². The average molecular weight is 333 g/mol. The third kappa shape index (κ3) is 4.50. The lowest BCUT2D eigenvalue weighted by atomic mass is 9.92. The van der Waals surface area contributed by atoms with Gasteiger partial charge in [-0.05, 0) is 31.2 Å². The van der Waals surface area contributed by atoms with Gasteiger partial charge in [-0.2, -0.15) is 4.72 Å². The van der Waals surface area contributed by atoms with Crippen LogP contribution in [0.2, 0.25) is 0 Å². The number of nitrogens with one attached hydrogen (secondary N) is 2. The molecule has 0 spiro atoms. The number of carbonyl (C=O) groups excluding carboxylic acids is 1. The highest BCUT2D eigenvalue weighted by Crippen LogP contribution is 2.17. The Bertz CT molecular complexity index is 543. The summed E-state index contributed by atoms with van der Waals surface area (Å²) in [6.07, 6.45) is 1.38. The molecule has 120 valence electrons. The maximum atomic E-state index is 12.2. The lowest BCUT2D eigenvalue weighted by molar-refractivity contribution is -0.124. The van der Waals surface area contributed by atoms with E-state index in [1.807, 2.05) is 13.8 Å². The predicted molar refractivity (Wildman–Crippen MR) is 84.6 cm³/mol. The number of sulfonamides is 1. The molecule has 0 fully saturated rings. The molecule has 1 amide bonds. The first-order chi connectivity index (χ1) is 9.80. The molecule has 1 heterocycles. The second kappa shape index (κ2) is 7.35. The number of hydrogen-bond donors (Lipinski definition) is 3. The van der Waals surface area contributed by atoms with E-state index in [4.69, 9.17) is 5.73 Å². The average Bonchev–Trinajstić information content (AvgIpc) is 2.99. The molecule has 0 bridgehead atoms. The van der Waals surface area contributed by atoms with Crippen molar-refractivity contribution in [2.24, 2.45) is 5.73 Å². The summed E-state index contributed by atoms with van der Waals surface area (Å²) in [6, 6.07) is 2.29. The van der Waals surface area contributed by atoms with E-state index in [-0.39, 0.29) is 10.1 Å². The molecule has 0 aliphatic carbocycles. The molecule has 21 heavy (non-hydrogen) atoms. The lowest BCUT2D eigenvalue weighted by Gasteiger charge is -2.32. The van der Waals surface area contributed by atoms with Gasteiger partial charge in [0.2, 0.25) is 5.91 Å². The zero-order valence-corrected chi connectivity index (χ0v) is 14.2. The van der Waals surface area contributed by atoms with Crippen LogP contribution in [0.15, 0.2) is 21.7 Å².